The molecule has 58 valence electrons. The summed E-state index contributed by atoms with van der Waals surface area (Å²) >= 11 is 1.65. The predicted octanol–water partition coefficient (Wildman–Crippen LogP) is -0.541. The van der Waals surface area contributed by atoms with Gasteiger partial charge in [0.15, 0.2) is 0 Å². The summed E-state index contributed by atoms with van der Waals surface area (Å²) in [6.45, 7) is 2.05. The molecule has 1 aliphatic heterocycles. The largest absolute Gasteiger partial charge is 0.305 e. The number of nitrogens with one attached hydrogen (secondary N) is 1. The number of hydrazine groups is 1. The van der Waals surface area contributed by atoms with Crippen molar-refractivity contribution < 1.29 is 0 Å². The highest BCUT2D eigenvalue weighted by molar-refractivity contribution is 7.07. The highest BCUT2D eigenvalue weighted by Crippen LogP contribution is 1.95. The molecular weight excluding hydrogens is 158 g/mol. The molecule has 0 unspecified atom stereocenters. The first-order valence-corrected chi connectivity index (χ1v) is 4.27. The van der Waals surface area contributed by atoms with Crippen molar-refractivity contribution in [2.75, 3.05) is 7.05 Å². The van der Waals surface area contributed by atoms with Gasteiger partial charge in [0.2, 0.25) is 0 Å². The van der Waals surface area contributed by atoms with Gasteiger partial charge in [-0.15, -0.1) is 11.3 Å². The van der Waals surface area contributed by atoms with E-state index in [2.05, 4.69) is 17.3 Å². The molecule has 0 spiro atoms. The molecule has 2 rings (SSSR count). The zero-order chi connectivity index (χ0) is 7.84. The standard InChI is InChI=1S/C7H9N3S/c1-5-7-6(11-4-8-7)3-9-10(5)2/h3-4,9H,1-2H3. The summed E-state index contributed by atoms with van der Waals surface area (Å²) in [4.78, 5) is 4.26. The molecule has 0 bridgehead atoms. The quantitative estimate of drug-likeness (QED) is 0.562. The van der Waals surface area contributed by atoms with Crippen LogP contribution in [0.1, 0.15) is 6.92 Å². The molecule has 0 aliphatic carbocycles. The van der Waals surface area contributed by atoms with Crippen LogP contribution in [0.15, 0.2) is 5.51 Å². The minimum atomic E-state index is 1.09. The van der Waals surface area contributed by atoms with Gasteiger partial charge in [-0.2, -0.15) is 0 Å². The molecule has 1 N–H and O–H groups in total. The van der Waals surface area contributed by atoms with E-state index in [9.17, 15) is 0 Å². The Labute approximate surface area is 68.6 Å². The molecule has 0 saturated carbocycles. The van der Waals surface area contributed by atoms with E-state index >= 15 is 0 Å². The number of rotatable bonds is 0. The molecule has 0 atom stereocenters. The lowest BCUT2D eigenvalue weighted by Gasteiger charge is -2.20. The van der Waals surface area contributed by atoms with Crippen LogP contribution >= 0.6 is 11.3 Å². The van der Waals surface area contributed by atoms with E-state index < -0.39 is 0 Å². The topological polar surface area (TPSA) is 28.2 Å². The monoisotopic (exact) mass is 167 g/mol. The molecule has 0 saturated heterocycles. The molecule has 1 aromatic rings. The number of thiazole rings is 1. The maximum absolute atomic E-state index is 4.26. The van der Waals surface area contributed by atoms with Crippen molar-refractivity contribution >= 4 is 23.2 Å². The van der Waals surface area contributed by atoms with Crippen LogP contribution in [-0.2, 0) is 0 Å². The number of aromatic nitrogens is 1. The third-order valence-electron chi connectivity index (χ3n) is 1.83. The van der Waals surface area contributed by atoms with Gasteiger partial charge in [-0.3, -0.25) is 5.01 Å². The van der Waals surface area contributed by atoms with Gasteiger partial charge in [0, 0.05) is 13.2 Å². The minimum Gasteiger partial charge on any atom is -0.305 e. The lowest BCUT2D eigenvalue weighted by atomic mass is 10.4. The Kier molecular flexibility index (Phi) is 1.35. The Morgan fingerprint density at radius 3 is 3.27 bits per heavy atom. The maximum atomic E-state index is 4.26. The Balaban J connectivity index is 2.82. The van der Waals surface area contributed by atoms with Gasteiger partial charge in [-0.1, -0.05) is 0 Å². The van der Waals surface area contributed by atoms with Crippen LogP contribution in [0, 0.1) is 0 Å². The highest BCUT2D eigenvalue weighted by Gasteiger charge is 2.04. The van der Waals surface area contributed by atoms with E-state index in [-0.39, 0.29) is 0 Å². The summed E-state index contributed by atoms with van der Waals surface area (Å²) in [7, 11) is 1.98. The van der Waals surface area contributed by atoms with Crippen molar-refractivity contribution in [2.45, 2.75) is 6.92 Å². The first-order valence-electron chi connectivity index (χ1n) is 3.39. The lowest BCUT2D eigenvalue weighted by molar-refractivity contribution is 0.415. The number of fused-ring (bicyclic) bond motifs is 1. The Morgan fingerprint density at radius 2 is 2.45 bits per heavy atom. The van der Waals surface area contributed by atoms with Crippen LogP contribution in [0.5, 0.6) is 0 Å². The Bertz CT molecular complexity index is 379. The normalized spacial score (nSPS) is 15.5. The zero-order valence-electron chi connectivity index (χ0n) is 6.46. The lowest BCUT2D eigenvalue weighted by Crippen LogP contribution is -2.42. The van der Waals surface area contributed by atoms with Crippen molar-refractivity contribution in [2.24, 2.45) is 0 Å². The fourth-order valence-corrected chi connectivity index (χ4v) is 1.74. The molecular formula is C7H9N3S. The molecule has 1 aromatic heterocycles. The number of hydrogen-bond donors (Lipinski definition) is 1. The summed E-state index contributed by atoms with van der Waals surface area (Å²) in [5.41, 5.74) is 6.15. The van der Waals surface area contributed by atoms with Crippen LogP contribution in [0.2, 0.25) is 0 Å². The van der Waals surface area contributed by atoms with Gasteiger partial charge in [0.05, 0.1) is 15.7 Å². The second kappa shape index (κ2) is 2.23. The van der Waals surface area contributed by atoms with E-state index in [1.54, 1.807) is 11.3 Å². The van der Waals surface area contributed by atoms with Crippen molar-refractivity contribution in [3.05, 3.63) is 15.4 Å². The Morgan fingerprint density at radius 1 is 1.64 bits per heavy atom. The zero-order valence-corrected chi connectivity index (χ0v) is 7.27. The molecule has 2 heterocycles. The predicted molar refractivity (Wildman–Crippen MR) is 45.8 cm³/mol. The van der Waals surface area contributed by atoms with E-state index in [1.807, 2.05) is 23.8 Å². The summed E-state index contributed by atoms with van der Waals surface area (Å²) in [6.07, 6.45) is 1.97. The average Bonchev–Trinajstić information content (AvgIpc) is 2.45. The molecule has 11 heavy (non-hydrogen) atoms. The van der Waals surface area contributed by atoms with Crippen molar-refractivity contribution in [3.8, 4) is 0 Å². The van der Waals surface area contributed by atoms with Gasteiger partial charge >= 0.3 is 0 Å². The first kappa shape index (κ1) is 6.67. The summed E-state index contributed by atoms with van der Waals surface area (Å²) in [5.74, 6) is 0. The van der Waals surface area contributed by atoms with Crippen molar-refractivity contribution in [1.82, 2.24) is 15.4 Å². The Hall–Kier alpha value is -1.03. The summed E-state index contributed by atoms with van der Waals surface area (Å²) in [6, 6.07) is 0. The van der Waals surface area contributed by atoms with Crippen LogP contribution in [0.4, 0.5) is 0 Å². The third-order valence-corrected chi connectivity index (χ3v) is 2.61. The molecule has 4 heteroatoms. The molecule has 0 radical (unpaired) electrons. The van der Waals surface area contributed by atoms with Crippen LogP contribution in [0.25, 0.3) is 11.9 Å². The van der Waals surface area contributed by atoms with E-state index in [1.165, 1.54) is 10.2 Å². The summed E-state index contributed by atoms with van der Waals surface area (Å²) in [5, 5.41) is 3.05. The average molecular weight is 167 g/mol. The highest BCUT2D eigenvalue weighted by atomic mass is 32.1. The summed E-state index contributed by atoms with van der Waals surface area (Å²) < 4.78 is 1.21. The third kappa shape index (κ3) is 0.903. The smallest absolute Gasteiger partial charge is 0.103 e. The molecule has 0 amide bonds. The van der Waals surface area contributed by atoms with E-state index in [0.717, 1.165) is 5.35 Å². The minimum absolute atomic E-state index is 1.09. The fraction of sp³-hybridized carbons (Fsp3) is 0.286. The molecule has 0 aromatic carbocycles. The van der Waals surface area contributed by atoms with Crippen LogP contribution in [0.3, 0.4) is 0 Å². The second-order valence-electron chi connectivity index (χ2n) is 2.48. The first-order chi connectivity index (χ1) is 5.29. The molecule has 0 fully saturated rings. The van der Waals surface area contributed by atoms with Gasteiger partial charge in [0.1, 0.15) is 5.35 Å². The fourth-order valence-electron chi connectivity index (χ4n) is 1.04. The maximum Gasteiger partial charge on any atom is 0.103 e. The van der Waals surface area contributed by atoms with Crippen molar-refractivity contribution in [3.63, 3.8) is 0 Å². The number of nitrogens with zero attached hydrogens (tertiary/aromatic N) is 2. The van der Waals surface area contributed by atoms with Crippen molar-refractivity contribution in [1.29, 1.82) is 0 Å². The van der Waals surface area contributed by atoms with Crippen LogP contribution < -0.4 is 15.3 Å². The molecule has 3 nitrogen and oxygen atoms in total. The van der Waals surface area contributed by atoms with E-state index in [4.69, 9.17) is 0 Å². The number of hydrogen-bond acceptors (Lipinski definition) is 4. The van der Waals surface area contributed by atoms with Gasteiger partial charge in [0.25, 0.3) is 0 Å². The SMILES string of the molecule is CC1=c2ncsc2=CNN1C. The van der Waals surface area contributed by atoms with Gasteiger partial charge in [-0.25, -0.2) is 4.98 Å². The van der Waals surface area contributed by atoms with E-state index in [0.29, 0.717) is 0 Å². The van der Waals surface area contributed by atoms with Gasteiger partial charge < -0.3 is 5.43 Å². The molecule has 1 aliphatic rings. The van der Waals surface area contributed by atoms with Gasteiger partial charge in [-0.05, 0) is 6.92 Å². The van der Waals surface area contributed by atoms with Crippen LogP contribution in [-0.4, -0.2) is 17.0 Å². The second-order valence-corrected chi connectivity index (χ2v) is 3.37.